The molecule has 154 valence electrons. The van der Waals surface area contributed by atoms with Crippen molar-refractivity contribution in [2.75, 3.05) is 26.2 Å². The summed E-state index contributed by atoms with van der Waals surface area (Å²) in [6, 6.07) is 6.63. The standard InChI is InChI=1S/C16H20F3N5O2S2/c1-12-3-5-13(6-4-12)28(25,26)23-9-7-22(8-10-23)11-24-15(27)21(2)14(20-24)16(17,18)19/h3-6H,7-11H2,1-2H3. The largest absolute Gasteiger partial charge is 0.451 e. The van der Waals surface area contributed by atoms with Gasteiger partial charge in [-0.2, -0.15) is 17.5 Å². The highest BCUT2D eigenvalue weighted by Crippen LogP contribution is 2.27. The van der Waals surface area contributed by atoms with Gasteiger partial charge in [0.05, 0.1) is 11.6 Å². The van der Waals surface area contributed by atoms with Crippen molar-refractivity contribution in [1.82, 2.24) is 23.6 Å². The van der Waals surface area contributed by atoms with Crippen molar-refractivity contribution in [2.24, 2.45) is 7.05 Å². The molecule has 1 aromatic carbocycles. The summed E-state index contributed by atoms with van der Waals surface area (Å²) in [6.07, 6.45) is -4.59. The van der Waals surface area contributed by atoms with E-state index in [1.165, 1.54) is 11.4 Å². The van der Waals surface area contributed by atoms with Gasteiger partial charge in [-0.1, -0.05) is 17.7 Å². The van der Waals surface area contributed by atoms with Gasteiger partial charge in [0.1, 0.15) is 0 Å². The second kappa shape index (κ2) is 7.58. The van der Waals surface area contributed by atoms with Crippen LogP contribution in [0, 0.1) is 11.7 Å². The van der Waals surface area contributed by atoms with Crippen LogP contribution in [0.5, 0.6) is 0 Å². The molecule has 0 aliphatic carbocycles. The normalized spacial score (nSPS) is 17.2. The molecule has 0 atom stereocenters. The SMILES string of the molecule is Cc1ccc(S(=O)(=O)N2CCN(Cn3nc(C(F)(F)F)n(C)c3=S)CC2)cc1. The van der Waals surface area contributed by atoms with E-state index < -0.39 is 22.0 Å². The van der Waals surface area contributed by atoms with Crippen LogP contribution < -0.4 is 0 Å². The molecule has 0 N–H and O–H groups in total. The van der Waals surface area contributed by atoms with E-state index in [9.17, 15) is 21.6 Å². The molecule has 1 fully saturated rings. The molecular weight excluding hydrogens is 415 g/mol. The van der Waals surface area contributed by atoms with Gasteiger partial charge in [-0.25, -0.2) is 13.1 Å². The molecular formula is C16H20F3N5O2S2. The fraction of sp³-hybridized carbons (Fsp3) is 0.500. The Balaban J connectivity index is 1.68. The van der Waals surface area contributed by atoms with Gasteiger partial charge >= 0.3 is 6.18 Å². The van der Waals surface area contributed by atoms with Gasteiger partial charge in [0.25, 0.3) is 0 Å². The highest BCUT2D eigenvalue weighted by molar-refractivity contribution is 7.89. The summed E-state index contributed by atoms with van der Waals surface area (Å²) in [5, 5.41) is 3.58. The van der Waals surface area contributed by atoms with Crippen LogP contribution in [-0.2, 0) is 29.9 Å². The number of piperazine rings is 1. The number of nitrogens with zero attached hydrogens (tertiary/aromatic N) is 5. The van der Waals surface area contributed by atoms with Crippen LogP contribution in [-0.4, -0.2) is 58.1 Å². The van der Waals surface area contributed by atoms with Crippen molar-refractivity contribution in [2.45, 2.75) is 24.7 Å². The number of hydrogen-bond acceptors (Lipinski definition) is 5. The summed E-state index contributed by atoms with van der Waals surface area (Å²) in [5.74, 6) is -1.06. The van der Waals surface area contributed by atoms with Crippen molar-refractivity contribution in [3.63, 3.8) is 0 Å². The van der Waals surface area contributed by atoms with Crippen molar-refractivity contribution in [3.8, 4) is 0 Å². The van der Waals surface area contributed by atoms with Gasteiger partial charge in [0, 0.05) is 33.2 Å². The third-order valence-corrected chi connectivity index (χ3v) is 7.02. The number of benzene rings is 1. The molecule has 0 radical (unpaired) electrons. The van der Waals surface area contributed by atoms with Crippen LogP contribution >= 0.6 is 12.2 Å². The van der Waals surface area contributed by atoms with Gasteiger partial charge in [0.2, 0.25) is 15.8 Å². The van der Waals surface area contributed by atoms with Crippen LogP contribution in [0.4, 0.5) is 13.2 Å². The lowest BCUT2D eigenvalue weighted by molar-refractivity contribution is -0.147. The first-order valence-corrected chi connectivity index (χ1v) is 10.3. The van der Waals surface area contributed by atoms with Gasteiger partial charge in [-0.05, 0) is 31.3 Å². The first-order valence-electron chi connectivity index (χ1n) is 8.50. The average molecular weight is 435 g/mol. The Morgan fingerprint density at radius 2 is 1.68 bits per heavy atom. The van der Waals surface area contributed by atoms with Gasteiger partial charge in [0.15, 0.2) is 4.77 Å². The summed E-state index contributed by atoms with van der Waals surface area (Å²) in [4.78, 5) is 2.05. The van der Waals surface area contributed by atoms with E-state index >= 15 is 0 Å². The second-order valence-corrected chi connectivity index (χ2v) is 8.94. The molecule has 2 aromatic rings. The summed E-state index contributed by atoms with van der Waals surface area (Å²) in [5.41, 5.74) is 0.967. The Bertz CT molecular complexity index is 1000. The smallest absolute Gasteiger partial charge is 0.299 e. The highest BCUT2D eigenvalue weighted by atomic mass is 32.2. The first kappa shape index (κ1) is 21.0. The van der Waals surface area contributed by atoms with Crippen LogP contribution in [0.1, 0.15) is 11.4 Å². The zero-order valence-corrected chi connectivity index (χ0v) is 17.0. The van der Waals surface area contributed by atoms with Crippen molar-refractivity contribution >= 4 is 22.2 Å². The number of sulfonamides is 1. The van der Waals surface area contributed by atoms with E-state index in [-0.39, 0.29) is 29.4 Å². The summed E-state index contributed by atoms with van der Waals surface area (Å²) in [7, 11) is -2.37. The number of rotatable bonds is 4. The second-order valence-electron chi connectivity index (χ2n) is 6.64. The number of halogens is 3. The number of aromatic nitrogens is 3. The summed E-state index contributed by atoms with van der Waals surface area (Å²) in [6.45, 7) is 3.16. The minimum Gasteiger partial charge on any atom is -0.299 e. The van der Waals surface area contributed by atoms with Gasteiger partial charge < -0.3 is 0 Å². The lowest BCUT2D eigenvalue weighted by atomic mass is 10.2. The summed E-state index contributed by atoms with van der Waals surface area (Å²) < 4.78 is 67.6. The summed E-state index contributed by atoms with van der Waals surface area (Å²) >= 11 is 5.04. The topological polar surface area (TPSA) is 63.4 Å². The number of alkyl halides is 3. The molecule has 12 heteroatoms. The lowest BCUT2D eigenvalue weighted by Gasteiger charge is -2.33. The molecule has 1 aliphatic rings. The molecule has 0 bridgehead atoms. The van der Waals surface area contributed by atoms with Crippen LogP contribution in [0.15, 0.2) is 29.2 Å². The van der Waals surface area contributed by atoms with E-state index in [0.717, 1.165) is 14.8 Å². The predicted octanol–water partition coefficient (Wildman–Crippen LogP) is 2.24. The molecule has 1 aromatic heterocycles. The quantitative estimate of drug-likeness (QED) is 0.690. The van der Waals surface area contributed by atoms with E-state index in [2.05, 4.69) is 5.10 Å². The number of aryl methyl sites for hydroxylation is 1. The Morgan fingerprint density at radius 3 is 2.18 bits per heavy atom. The third kappa shape index (κ3) is 4.14. The molecule has 2 heterocycles. The molecule has 3 rings (SSSR count). The minimum atomic E-state index is -4.59. The van der Waals surface area contributed by atoms with Crippen LogP contribution in [0.2, 0.25) is 0 Å². The molecule has 1 saturated heterocycles. The third-order valence-electron chi connectivity index (χ3n) is 4.62. The van der Waals surface area contributed by atoms with Crippen LogP contribution in [0.3, 0.4) is 0 Å². The molecule has 7 nitrogen and oxygen atoms in total. The minimum absolute atomic E-state index is 0.0398. The Morgan fingerprint density at radius 1 is 1.11 bits per heavy atom. The average Bonchev–Trinajstić information content (AvgIpc) is 2.91. The molecule has 0 amide bonds. The van der Waals surface area contributed by atoms with E-state index in [4.69, 9.17) is 12.2 Å². The van der Waals surface area contributed by atoms with Gasteiger partial charge in [-0.3, -0.25) is 9.47 Å². The predicted molar refractivity (Wildman–Crippen MR) is 98.5 cm³/mol. The highest BCUT2D eigenvalue weighted by Gasteiger charge is 2.37. The van der Waals surface area contributed by atoms with Crippen molar-refractivity contribution in [3.05, 3.63) is 40.4 Å². The van der Waals surface area contributed by atoms with Crippen molar-refractivity contribution in [1.29, 1.82) is 0 Å². The maximum atomic E-state index is 13.0. The zero-order chi connectivity index (χ0) is 20.7. The number of hydrogen-bond donors (Lipinski definition) is 0. The first-order chi connectivity index (χ1) is 13.0. The fourth-order valence-electron chi connectivity index (χ4n) is 2.99. The maximum Gasteiger partial charge on any atom is 0.451 e. The molecule has 0 unspecified atom stereocenters. The van der Waals surface area contributed by atoms with E-state index in [1.54, 1.807) is 24.3 Å². The molecule has 0 spiro atoms. The van der Waals surface area contributed by atoms with E-state index in [1.807, 2.05) is 11.8 Å². The van der Waals surface area contributed by atoms with Gasteiger partial charge in [-0.15, -0.1) is 5.10 Å². The van der Waals surface area contributed by atoms with E-state index in [0.29, 0.717) is 13.1 Å². The molecule has 28 heavy (non-hydrogen) atoms. The Labute approximate surface area is 166 Å². The Hall–Kier alpha value is -1.76. The van der Waals surface area contributed by atoms with Crippen molar-refractivity contribution < 1.29 is 21.6 Å². The molecule has 0 saturated carbocycles. The van der Waals surface area contributed by atoms with Crippen LogP contribution in [0.25, 0.3) is 0 Å². The lowest BCUT2D eigenvalue weighted by Crippen LogP contribution is -2.48. The fourth-order valence-corrected chi connectivity index (χ4v) is 4.59. The maximum absolute atomic E-state index is 13.0. The molecule has 1 aliphatic heterocycles. The zero-order valence-electron chi connectivity index (χ0n) is 15.3. The Kier molecular flexibility index (Phi) is 5.67. The monoisotopic (exact) mass is 435 g/mol.